The quantitative estimate of drug-likeness (QED) is 0.600. The Morgan fingerprint density at radius 2 is 1.86 bits per heavy atom. The first-order chi connectivity index (χ1) is 5.57. The van der Waals surface area contributed by atoms with Crippen LogP contribution in [0.4, 0.5) is 0 Å². The zero-order chi connectivity index (χ0) is 9.30. The van der Waals surface area contributed by atoms with Crippen molar-refractivity contribution in [1.82, 2.24) is 4.90 Å². The van der Waals surface area contributed by atoms with E-state index in [0.29, 0.717) is 6.54 Å². The molecule has 3 nitrogen and oxygen atoms in total. The summed E-state index contributed by atoms with van der Waals surface area (Å²) in [6.45, 7) is 4.65. The number of likely N-dealkylation sites (tertiary alicyclic amines) is 1. The van der Waals surface area contributed by atoms with Crippen molar-refractivity contribution in [2.45, 2.75) is 38.5 Å². The monoisotopic (exact) mass is 446 g/mol. The fourth-order valence-corrected chi connectivity index (χ4v) is 1.99. The van der Waals surface area contributed by atoms with Gasteiger partial charge in [-0.2, -0.15) is 0 Å². The molecule has 0 unspecified atom stereocenters. The first kappa shape index (κ1) is 18.0. The number of piperidine rings is 1. The van der Waals surface area contributed by atoms with E-state index in [1.54, 1.807) is 0 Å². The molecule has 4 atom stereocenters. The maximum atomic E-state index is 9.78. The van der Waals surface area contributed by atoms with Gasteiger partial charge in [-0.05, 0) is 13.5 Å². The molecule has 0 bridgehead atoms. The third-order valence-electron chi connectivity index (χ3n) is 3.00. The summed E-state index contributed by atoms with van der Waals surface area (Å²) in [7, 11) is 1.95. The van der Waals surface area contributed by atoms with Gasteiger partial charge in [0.25, 0.3) is 0 Å². The molecular formula is C9H19NO2WY. The second-order valence-corrected chi connectivity index (χ2v) is 3.83. The minimum atomic E-state index is -0.385. The predicted molar refractivity (Wildman–Crippen MR) is 47.9 cm³/mol. The van der Waals surface area contributed by atoms with Crippen molar-refractivity contribution in [2.24, 2.45) is 5.92 Å². The Balaban J connectivity index is 0. The Hall–Kier alpha value is 1.67. The number of likely N-dealkylation sites (N-methyl/N-ethyl adjacent to an activating group) is 1. The van der Waals surface area contributed by atoms with Crippen LogP contribution in [0.1, 0.15) is 20.3 Å². The zero-order valence-electron chi connectivity index (χ0n) is 9.05. The Bertz CT molecular complexity index is 162. The number of aliphatic hydroxyl groups is 2. The van der Waals surface area contributed by atoms with Crippen molar-refractivity contribution in [3.8, 4) is 0 Å². The number of hydrogen-bond acceptors (Lipinski definition) is 3. The molecule has 1 rings (SSSR count). The van der Waals surface area contributed by atoms with Crippen LogP contribution in [0, 0.1) is 5.92 Å². The van der Waals surface area contributed by atoms with Crippen LogP contribution in [0.2, 0.25) is 0 Å². The van der Waals surface area contributed by atoms with Gasteiger partial charge < -0.3 is 10.2 Å². The normalized spacial score (nSPS) is 38.4. The van der Waals surface area contributed by atoms with Crippen molar-refractivity contribution in [3.63, 3.8) is 0 Å². The van der Waals surface area contributed by atoms with Crippen LogP contribution in [0.15, 0.2) is 0 Å². The second-order valence-electron chi connectivity index (χ2n) is 3.83. The molecule has 5 heteroatoms. The molecule has 0 aromatic carbocycles. The first-order valence-corrected chi connectivity index (χ1v) is 4.64. The molecule has 1 fully saturated rings. The molecule has 0 aromatic rings. The topological polar surface area (TPSA) is 43.7 Å². The van der Waals surface area contributed by atoms with E-state index in [4.69, 9.17) is 0 Å². The van der Waals surface area contributed by atoms with Gasteiger partial charge in [0, 0.05) is 72.3 Å². The van der Waals surface area contributed by atoms with Crippen LogP contribution in [-0.4, -0.2) is 47.0 Å². The van der Waals surface area contributed by atoms with Gasteiger partial charge in [0.2, 0.25) is 0 Å². The van der Waals surface area contributed by atoms with Crippen LogP contribution in [0.25, 0.3) is 0 Å². The van der Waals surface area contributed by atoms with E-state index in [2.05, 4.69) is 6.92 Å². The third-order valence-corrected chi connectivity index (χ3v) is 3.00. The fourth-order valence-electron chi connectivity index (χ4n) is 1.99. The number of nitrogens with zero attached hydrogens (tertiary/aromatic N) is 1. The molecular weight excluding hydrogens is 427 g/mol. The Kier molecular flexibility index (Phi) is 10.1. The molecule has 1 heterocycles. The first-order valence-electron chi connectivity index (χ1n) is 4.64. The molecule has 1 aliphatic heterocycles. The fraction of sp³-hybridized carbons (Fsp3) is 1.00. The number of aliphatic hydroxyl groups excluding tert-OH is 2. The average molecular weight is 446 g/mol. The van der Waals surface area contributed by atoms with Crippen molar-refractivity contribution in [2.75, 3.05) is 13.6 Å². The molecule has 0 aliphatic carbocycles. The molecule has 0 aromatic heterocycles. The number of β-amino-alcohol motifs (C(OH)–C–C–N with tert-alkyl or cyclic N) is 1. The predicted octanol–water partition coefficient (Wildman–Crippen LogP) is 0.0633. The van der Waals surface area contributed by atoms with E-state index in [1.807, 2.05) is 18.9 Å². The van der Waals surface area contributed by atoms with Gasteiger partial charge in [-0.15, -0.1) is 0 Å². The van der Waals surface area contributed by atoms with E-state index >= 15 is 0 Å². The molecule has 14 heavy (non-hydrogen) atoms. The number of rotatable bonds is 1. The minimum Gasteiger partial charge on any atom is -0.391 e. The summed E-state index contributed by atoms with van der Waals surface area (Å²) in [6.07, 6.45) is 0.172. The molecule has 81 valence electrons. The van der Waals surface area contributed by atoms with Gasteiger partial charge in [-0.3, -0.25) is 4.90 Å². The maximum Gasteiger partial charge on any atom is 0.0745 e. The molecule has 0 saturated carbocycles. The summed E-state index contributed by atoms with van der Waals surface area (Å²) in [5.41, 5.74) is 0. The van der Waals surface area contributed by atoms with Crippen molar-refractivity contribution in [3.05, 3.63) is 0 Å². The Morgan fingerprint density at radius 1 is 1.36 bits per heavy atom. The van der Waals surface area contributed by atoms with E-state index in [9.17, 15) is 10.2 Å². The summed E-state index contributed by atoms with van der Waals surface area (Å²) in [5.74, 6) is 0.00569. The summed E-state index contributed by atoms with van der Waals surface area (Å²) in [4.78, 5) is 2.04. The van der Waals surface area contributed by atoms with Gasteiger partial charge in [-0.1, -0.05) is 13.8 Å². The molecule has 2 N–H and O–H groups in total. The second kappa shape index (κ2) is 7.87. The van der Waals surface area contributed by atoms with E-state index in [-0.39, 0.29) is 77.9 Å². The van der Waals surface area contributed by atoms with Gasteiger partial charge in [-0.25, -0.2) is 0 Å². The van der Waals surface area contributed by atoms with Crippen molar-refractivity contribution in [1.29, 1.82) is 0 Å². The molecule has 1 saturated heterocycles. The van der Waals surface area contributed by atoms with E-state index in [0.717, 1.165) is 6.42 Å². The zero-order valence-corrected chi connectivity index (χ0v) is 14.8. The summed E-state index contributed by atoms with van der Waals surface area (Å²) >= 11 is 0. The smallest absolute Gasteiger partial charge is 0.0745 e. The average Bonchev–Trinajstić information content (AvgIpc) is 2.01. The van der Waals surface area contributed by atoms with Crippen LogP contribution in [-0.2, 0) is 53.8 Å². The van der Waals surface area contributed by atoms with Crippen molar-refractivity contribution >= 4 is 0 Å². The molecule has 0 spiro atoms. The van der Waals surface area contributed by atoms with Crippen LogP contribution in [0.3, 0.4) is 0 Å². The maximum absolute atomic E-state index is 9.78. The van der Waals surface area contributed by atoms with E-state index < -0.39 is 0 Å². The largest absolute Gasteiger partial charge is 0.391 e. The molecule has 0 amide bonds. The van der Waals surface area contributed by atoms with Gasteiger partial charge in [0.15, 0.2) is 0 Å². The van der Waals surface area contributed by atoms with Crippen LogP contribution >= 0.6 is 0 Å². The minimum absolute atomic E-state index is 0. The summed E-state index contributed by atoms with van der Waals surface area (Å²) in [5, 5.41) is 19.3. The van der Waals surface area contributed by atoms with Crippen LogP contribution < -0.4 is 0 Å². The Labute approximate surface area is 126 Å². The van der Waals surface area contributed by atoms with Gasteiger partial charge in [0.05, 0.1) is 12.2 Å². The number of hydrogen-bond donors (Lipinski definition) is 2. The van der Waals surface area contributed by atoms with Gasteiger partial charge >= 0.3 is 0 Å². The summed E-state index contributed by atoms with van der Waals surface area (Å²) in [6, 6.07) is 0.211. The Morgan fingerprint density at radius 3 is 2.29 bits per heavy atom. The van der Waals surface area contributed by atoms with Crippen LogP contribution in [0.5, 0.6) is 0 Å². The van der Waals surface area contributed by atoms with Crippen molar-refractivity contribution < 1.29 is 64.0 Å². The standard InChI is InChI=1S/C9H19NO2.W.Y/c1-4-7-9(12)6(2)8(11)5-10(7)3;;/h6-9,11-12H,4-5H2,1-3H3;;/t6-,7-,8+,9+;;/m1../s1. The van der Waals surface area contributed by atoms with Gasteiger partial charge in [0.1, 0.15) is 0 Å². The molecule has 1 radical (unpaired) electrons. The third kappa shape index (κ3) is 3.92. The van der Waals surface area contributed by atoms with E-state index in [1.165, 1.54) is 0 Å². The summed E-state index contributed by atoms with van der Waals surface area (Å²) < 4.78 is 0. The molecule has 1 aliphatic rings. The SMILES string of the molecule is CC[C@@H]1[C@@H](O)[C@H](C)[C@@H](O)CN1C.[W].[Y].